The van der Waals surface area contributed by atoms with Crippen LogP contribution in [0.4, 0.5) is 4.11 Å². The molecule has 388 valence electrons. The summed E-state index contributed by atoms with van der Waals surface area (Å²) in [4.78, 5) is 0. The molecule has 0 heterocycles. The van der Waals surface area contributed by atoms with Crippen LogP contribution in [0, 0.1) is 0 Å². The fourth-order valence-corrected chi connectivity index (χ4v) is 12.5. The topological polar surface area (TPSA) is 0 Å². The van der Waals surface area contributed by atoms with Crippen LogP contribution in [0.2, 0.25) is 5.04 Å². The molecule has 0 aromatic heterocycles. The Morgan fingerprint density at radius 2 is 0.541 bits per heavy atom. The molecule has 7 aromatic rings. The van der Waals surface area contributed by atoms with Crippen LogP contribution >= 0.6 is 0 Å². The molecule has 0 bridgehead atoms. The Balaban J connectivity index is 1.68. The van der Waals surface area contributed by atoms with Gasteiger partial charge in [-0.2, -0.15) is 0 Å². The Morgan fingerprint density at radius 3 is 0.743 bits per heavy atom. The number of halogens is 1. The first-order valence-corrected chi connectivity index (χ1v) is 29.7. The van der Waals surface area contributed by atoms with E-state index in [2.05, 4.69) is 259 Å². The summed E-state index contributed by atoms with van der Waals surface area (Å²) in [5, 5.41) is -0.441. The summed E-state index contributed by atoms with van der Waals surface area (Å²) in [7, 11) is -2.35. The van der Waals surface area contributed by atoms with Gasteiger partial charge < -0.3 is 0 Å². The molecule has 0 atom stereocenters. The van der Waals surface area contributed by atoms with Crippen LogP contribution in [0.15, 0.2) is 127 Å². The van der Waals surface area contributed by atoms with Crippen LogP contribution < -0.4 is 0 Å². The van der Waals surface area contributed by atoms with Gasteiger partial charge in [-0.3, -0.25) is 4.11 Å². The lowest BCUT2D eigenvalue weighted by molar-refractivity contribution is 0.675. The molecular weight excluding hydrogens is 912 g/mol. The van der Waals surface area contributed by atoms with E-state index in [1.165, 1.54) is 106 Å². The molecular formula is C72H89FSi. The number of hydrogen-bond acceptors (Lipinski definition) is 0. The highest BCUT2D eigenvalue weighted by Gasteiger charge is 2.26. The number of rotatable bonds is 16. The normalized spacial score (nSPS) is 12.6. The van der Waals surface area contributed by atoms with E-state index in [0.717, 1.165) is 11.1 Å². The summed E-state index contributed by atoms with van der Waals surface area (Å²) < 4.78 is 16.8. The van der Waals surface area contributed by atoms with Crippen LogP contribution in [0.25, 0.3) is 66.8 Å². The smallest absolute Gasteiger partial charge is 0.232 e. The van der Waals surface area contributed by atoms with Crippen molar-refractivity contribution in [2.24, 2.45) is 0 Å². The maximum atomic E-state index is 16.8. The zero-order valence-corrected chi connectivity index (χ0v) is 49.9. The van der Waals surface area contributed by atoms with Crippen molar-refractivity contribution in [2.75, 3.05) is 0 Å². The van der Waals surface area contributed by atoms with Crippen molar-refractivity contribution in [2.45, 2.75) is 190 Å². The zero-order chi connectivity index (χ0) is 54.1. The highest BCUT2D eigenvalue weighted by atomic mass is 28.3. The van der Waals surface area contributed by atoms with Gasteiger partial charge in [0, 0.05) is 0 Å². The van der Waals surface area contributed by atoms with Crippen molar-refractivity contribution in [3.05, 3.63) is 177 Å². The third-order valence-corrected chi connectivity index (χ3v) is 17.5. The van der Waals surface area contributed by atoms with Crippen molar-refractivity contribution in [3.63, 3.8) is 0 Å². The first kappa shape index (κ1) is 56.3. The first-order chi connectivity index (χ1) is 34.9. The SMILES string of the molecule is CC(C)c1cccc(C(C)C)c1-c1cc(-c2cccc(-c3cc(-c4c(C(C)C)cccc4C(C)C)cc(-c4c(C(C)C)cccc4C(C)C)c3)c2C/C=[Si](/F)C(C)(C)C)cc(-c2c(C(C)C)cccc2C(C)C)c1. The molecule has 74 heavy (non-hydrogen) atoms. The van der Waals surface area contributed by atoms with Crippen LogP contribution in [0.1, 0.15) is 229 Å². The van der Waals surface area contributed by atoms with Gasteiger partial charge in [0.05, 0.1) is 0 Å². The molecule has 0 aliphatic heterocycles. The minimum atomic E-state index is -2.35. The fourth-order valence-electron chi connectivity index (χ4n) is 11.5. The van der Waals surface area contributed by atoms with Crippen molar-refractivity contribution in [3.8, 4) is 66.8 Å². The maximum Gasteiger partial charge on any atom is 0.232 e. The monoisotopic (exact) mass is 1000 g/mol. The Morgan fingerprint density at radius 1 is 0.338 bits per heavy atom. The quantitative estimate of drug-likeness (QED) is 0.0668. The second kappa shape index (κ2) is 23.2. The van der Waals surface area contributed by atoms with E-state index in [-0.39, 0.29) is 0 Å². The van der Waals surface area contributed by atoms with E-state index in [4.69, 9.17) is 0 Å². The lowest BCUT2D eigenvalue weighted by atomic mass is 9.79. The van der Waals surface area contributed by atoms with Gasteiger partial charge in [0.15, 0.2) is 0 Å². The third-order valence-electron chi connectivity index (χ3n) is 15.5. The Labute approximate surface area is 450 Å². The van der Waals surface area contributed by atoms with Crippen LogP contribution in [-0.4, -0.2) is 14.4 Å². The van der Waals surface area contributed by atoms with Gasteiger partial charge in [0.2, 0.25) is 8.74 Å². The molecule has 0 radical (unpaired) electrons. The summed E-state index contributed by atoms with van der Waals surface area (Å²) in [6, 6.07) is 49.5. The van der Waals surface area contributed by atoms with Gasteiger partial charge in [-0.1, -0.05) is 228 Å². The van der Waals surface area contributed by atoms with E-state index >= 15 is 4.11 Å². The summed E-state index contributed by atoms with van der Waals surface area (Å²) in [5.74, 6) is 2.64. The molecule has 7 aromatic carbocycles. The molecule has 0 nitrogen and oxygen atoms in total. The molecule has 7 rings (SSSR count). The zero-order valence-electron chi connectivity index (χ0n) is 48.9. The largest absolute Gasteiger partial charge is 0.283 e. The molecule has 0 saturated heterocycles. The minimum absolute atomic E-state index is 0.330. The van der Waals surface area contributed by atoms with Crippen molar-refractivity contribution >= 4 is 14.4 Å². The molecule has 0 amide bonds. The first-order valence-electron chi connectivity index (χ1n) is 28.2. The van der Waals surface area contributed by atoms with E-state index in [9.17, 15) is 0 Å². The predicted molar refractivity (Wildman–Crippen MR) is 328 cm³/mol. The van der Waals surface area contributed by atoms with E-state index < -0.39 is 13.8 Å². The Kier molecular flexibility index (Phi) is 17.7. The van der Waals surface area contributed by atoms with Crippen LogP contribution in [0.5, 0.6) is 0 Å². The van der Waals surface area contributed by atoms with Crippen LogP contribution in [0.3, 0.4) is 0 Å². The van der Waals surface area contributed by atoms with Gasteiger partial charge in [0.25, 0.3) is 0 Å². The molecule has 2 heteroatoms. The van der Waals surface area contributed by atoms with E-state index in [1.54, 1.807) is 0 Å². The fraction of sp³-hybridized carbons (Fsp3) is 0.403. The van der Waals surface area contributed by atoms with Gasteiger partial charge >= 0.3 is 0 Å². The summed E-state index contributed by atoms with van der Waals surface area (Å²) in [6.45, 7) is 43.5. The Bertz CT molecular complexity index is 2680. The molecule has 0 aliphatic rings. The number of hydrogen-bond donors (Lipinski definition) is 0. The van der Waals surface area contributed by atoms with Gasteiger partial charge in [-0.15, -0.1) is 0 Å². The standard InChI is InChI=1S/C72H89FSi/c1-43(2)57-25-20-26-58(44(3)4)68(57)53-37-51(38-54(41-53)69-59(45(5)6)27-21-28-60(69)46(7)8)65-33-24-34-66(67(65)35-36-74(73)72(17,18)19)52-39-55(70-61(47(9)10)29-22-30-62(70)48(11)12)42-56(40-52)71-63(49(13)14)31-23-32-64(71)50(15)16/h20-34,36-50H,35H2,1-19H3/b74-36+. The summed E-state index contributed by atoms with van der Waals surface area (Å²) in [5.41, 5.74) is 29.2. The average Bonchev–Trinajstić information content (AvgIpc) is 3.35. The van der Waals surface area contributed by atoms with Crippen molar-refractivity contribution < 1.29 is 4.11 Å². The maximum absolute atomic E-state index is 16.8. The van der Waals surface area contributed by atoms with Gasteiger partial charge in [-0.25, -0.2) is 0 Å². The van der Waals surface area contributed by atoms with Gasteiger partial charge in [-0.05, 0) is 212 Å². The predicted octanol–water partition coefficient (Wildman–Crippen LogP) is 22.4. The molecule has 0 aliphatic carbocycles. The van der Waals surface area contributed by atoms with Gasteiger partial charge in [0.1, 0.15) is 0 Å². The second-order valence-electron chi connectivity index (χ2n) is 24.9. The third kappa shape index (κ3) is 11.8. The van der Waals surface area contributed by atoms with Crippen molar-refractivity contribution in [1.82, 2.24) is 0 Å². The molecule has 0 fully saturated rings. The molecule has 0 spiro atoms. The molecule has 0 unspecified atom stereocenters. The molecule has 0 saturated carbocycles. The summed E-state index contributed by atoms with van der Waals surface area (Å²) >= 11 is 0. The Hall–Kier alpha value is -5.44. The lowest BCUT2D eigenvalue weighted by Crippen LogP contribution is -2.15. The average molecular weight is 1000 g/mol. The second-order valence-corrected chi connectivity index (χ2v) is 27.5. The molecule has 0 N–H and O–H groups in total. The summed E-state index contributed by atoms with van der Waals surface area (Å²) in [6.07, 6.45) is 0.520. The van der Waals surface area contributed by atoms with Crippen molar-refractivity contribution in [1.29, 1.82) is 0 Å². The number of benzene rings is 7. The lowest BCUT2D eigenvalue weighted by Gasteiger charge is -2.25. The van der Waals surface area contributed by atoms with Crippen LogP contribution in [-0.2, 0) is 6.42 Å². The minimum Gasteiger partial charge on any atom is -0.283 e. The van der Waals surface area contributed by atoms with E-state index in [0.29, 0.717) is 53.8 Å². The highest BCUT2D eigenvalue weighted by Crippen LogP contribution is 2.48. The van der Waals surface area contributed by atoms with E-state index in [1.807, 2.05) is 5.67 Å². The highest BCUT2D eigenvalue weighted by molar-refractivity contribution is 6.62.